The third-order valence-corrected chi connectivity index (χ3v) is 7.76. The number of nitrogens with zero attached hydrogens (tertiary/aromatic N) is 1. The largest absolute Gasteiger partial charge is 0.485 e. The predicted molar refractivity (Wildman–Crippen MR) is 114 cm³/mol. The summed E-state index contributed by atoms with van der Waals surface area (Å²) in [5, 5.41) is 12.1. The van der Waals surface area contributed by atoms with E-state index >= 15 is 0 Å². The molecular weight excluding hydrogens is 497 g/mol. The molecule has 0 aromatic heterocycles. The molecule has 0 spiro atoms. The number of nitro groups is 1. The summed E-state index contributed by atoms with van der Waals surface area (Å²) in [5.74, 6) is 0.426. The maximum absolute atomic E-state index is 13.9. The highest BCUT2D eigenvalue weighted by molar-refractivity contribution is 9.10. The Bertz CT molecular complexity index is 940. The Kier molecular flexibility index (Phi) is 6.15. The lowest BCUT2D eigenvalue weighted by Crippen LogP contribution is -2.21. The van der Waals surface area contributed by atoms with Gasteiger partial charge in [-0.3, -0.25) is 10.1 Å². The maximum Gasteiger partial charge on any atom is 0.269 e. The van der Waals surface area contributed by atoms with Crippen molar-refractivity contribution in [3.8, 4) is 5.75 Å². The summed E-state index contributed by atoms with van der Waals surface area (Å²) < 4.78 is 21.5. The van der Waals surface area contributed by atoms with Crippen LogP contribution >= 0.6 is 39.0 Å². The Morgan fingerprint density at radius 2 is 1.26 bits per heavy atom. The molecule has 0 heterocycles. The quantitative estimate of drug-likeness (QED) is 0.250. The fourth-order valence-corrected chi connectivity index (χ4v) is 5.21. The van der Waals surface area contributed by atoms with Crippen molar-refractivity contribution in [2.75, 3.05) is 6.35 Å². The van der Waals surface area contributed by atoms with E-state index in [0.717, 1.165) is 8.95 Å². The van der Waals surface area contributed by atoms with Gasteiger partial charge >= 0.3 is 0 Å². The molecule has 3 aromatic rings. The number of rotatable bonds is 6. The van der Waals surface area contributed by atoms with Gasteiger partial charge in [0.05, 0.1) is 4.92 Å². The van der Waals surface area contributed by atoms with Crippen LogP contribution in [0.5, 0.6) is 5.75 Å². The number of halogens is 2. The summed E-state index contributed by atoms with van der Waals surface area (Å²) in [6.45, 7) is 0. The van der Waals surface area contributed by atoms with Gasteiger partial charge in [-0.15, -0.1) is 0 Å². The standard InChI is InChI=1S/C19H14Br2NO4P/c20-14-1-9-18(10-2-14)27(25,19-11-3-15(21)4-12-19)13-26-17-7-5-16(6-8-17)22(23)24/h1-12H,13H2. The van der Waals surface area contributed by atoms with Crippen LogP contribution in [0.1, 0.15) is 0 Å². The van der Waals surface area contributed by atoms with E-state index < -0.39 is 12.1 Å². The molecule has 0 amide bonds. The van der Waals surface area contributed by atoms with Crippen LogP contribution < -0.4 is 15.3 Å². The van der Waals surface area contributed by atoms with Crippen LogP contribution in [0, 0.1) is 10.1 Å². The van der Waals surface area contributed by atoms with Gasteiger partial charge in [0.2, 0.25) is 0 Å². The number of hydrogen-bond acceptors (Lipinski definition) is 4. The van der Waals surface area contributed by atoms with E-state index in [1.165, 1.54) is 24.3 Å². The molecule has 3 aromatic carbocycles. The zero-order chi connectivity index (χ0) is 19.4. The van der Waals surface area contributed by atoms with Crippen molar-refractivity contribution in [2.45, 2.75) is 0 Å². The van der Waals surface area contributed by atoms with Gasteiger partial charge in [-0.1, -0.05) is 31.9 Å². The molecule has 0 aliphatic heterocycles. The van der Waals surface area contributed by atoms with Crippen molar-refractivity contribution in [3.63, 3.8) is 0 Å². The van der Waals surface area contributed by atoms with Crippen LogP contribution in [-0.4, -0.2) is 11.3 Å². The second-order valence-corrected chi connectivity index (χ2v) is 10.3. The third kappa shape index (κ3) is 4.67. The van der Waals surface area contributed by atoms with E-state index in [1.54, 1.807) is 0 Å². The van der Waals surface area contributed by atoms with Gasteiger partial charge in [0.15, 0.2) is 7.14 Å². The van der Waals surface area contributed by atoms with E-state index in [-0.39, 0.29) is 12.0 Å². The summed E-state index contributed by atoms with van der Waals surface area (Å²) in [4.78, 5) is 10.3. The van der Waals surface area contributed by atoms with E-state index in [9.17, 15) is 14.7 Å². The molecule has 3 rings (SSSR count). The number of hydrogen-bond donors (Lipinski definition) is 0. The molecule has 0 saturated carbocycles. The molecule has 0 saturated heterocycles. The van der Waals surface area contributed by atoms with Crippen molar-refractivity contribution in [1.29, 1.82) is 0 Å². The van der Waals surface area contributed by atoms with Gasteiger partial charge in [-0.25, -0.2) is 0 Å². The first-order valence-corrected chi connectivity index (χ1v) is 11.3. The maximum atomic E-state index is 13.9. The molecule has 0 aliphatic rings. The lowest BCUT2D eigenvalue weighted by Gasteiger charge is -2.20. The first-order valence-electron chi connectivity index (χ1n) is 7.87. The number of ether oxygens (including phenoxy) is 1. The van der Waals surface area contributed by atoms with Crippen LogP contribution in [0.25, 0.3) is 0 Å². The Morgan fingerprint density at radius 1 is 0.815 bits per heavy atom. The zero-order valence-corrected chi connectivity index (χ0v) is 18.0. The van der Waals surface area contributed by atoms with Gasteiger partial charge in [0, 0.05) is 31.7 Å². The molecule has 8 heteroatoms. The summed E-state index contributed by atoms with van der Waals surface area (Å²) in [7, 11) is -3.06. The molecule has 0 radical (unpaired) electrons. The molecular formula is C19H14Br2NO4P. The normalized spacial score (nSPS) is 11.2. The molecule has 0 unspecified atom stereocenters. The van der Waals surface area contributed by atoms with Gasteiger partial charge in [-0.05, 0) is 60.7 Å². The Labute approximate surface area is 173 Å². The predicted octanol–water partition coefficient (Wildman–Crippen LogP) is 5.47. The van der Waals surface area contributed by atoms with Gasteiger partial charge in [0.25, 0.3) is 5.69 Å². The highest BCUT2D eigenvalue weighted by Gasteiger charge is 2.28. The lowest BCUT2D eigenvalue weighted by molar-refractivity contribution is -0.384. The van der Waals surface area contributed by atoms with Crippen LogP contribution in [0.15, 0.2) is 81.7 Å². The number of benzene rings is 3. The lowest BCUT2D eigenvalue weighted by atomic mass is 10.3. The van der Waals surface area contributed by atoms with E-state index in [4.69, 9.17) is 4.74 Å². The molecule has 27 heavy (non-hydrogen) atoms. The van der Waals surface area contributed by atoms with Crippen molar-refractivity contribution >= 4 is 55.3 Å². The minimum absolute atomic E-state index is 0.0219. The number of non-ortho nitro benzene ring substituents is 1. The number of nitro benzene ring substituents is 1. The summed E-state index contributed by atoms with van der Waals surface area (Å²) in [6.07, 6.45) is -0.0475. The molecule has 0 bridgehead atoms. The smallest absolute Gasteiger partial charge is 0.269 e. The molecule has 0 N–H and O–H groups in total. The zero-order valence-electron chi connectivity index (χ0n) is 13.9. The Balaban J connectivity index is 1.92. The Morgan fingerprint density at radius 3 is 1.67 bits per heavy atom. The van der Waals surface area contributed by atoms with Crippen molar-refractivity contribution in [1.82, 2.24) is 0 Å². The van der Waals surface area contributed by atoms with Crippen LogP contribution in [0.4, 0.5) is 5.69 Å². The first kappa shape index (κ1) is 19.8. The van der Waals surface area contributed by atoms with Gasteiger partial charge < -0.3 is 9.30 Å². The molecule has 0 atom stereocenters. The summed E-state index contributed by atoms with van der Waals surface area (Å²) >= 11 is 6.78. The third-order valence-electron chi connectivity index (χ3n) is 3.95. The Hall–Kier alpha value is -1.95. The first-order chi connectivity index (χ1) is 12.9. The fourth-order valence-electron chi connectivity index (χ4n) is 2.49. The average molecular weight is 511 g/mol. The van der Waals surface area contributed by atoms with Crippen LogP contribution in [0.3, 0.4) is 0 Å². The minimum atomic E-state index is -3.06. The van der Waals surface area contributed by atoms with Gasteiger partial charge in [-0.2, -0.15) is 0 Å². The highest BCUT2D eigenvalue weighted by Crippen LogP contribution is 2.44. The minimum Gasteiger partial charge on any atom is -0.485 e. The highest BCUT2D eigenvalue weighted by atomic mass is 79.9. The van der Waals surface area contributed by atoms with Crippen molar-refractivity contribution in [3.05, 3.63) is 91.9 Å². The van der Waals surface area contributed by atoms with E-state index in [2.05, 4.69) is 31.9 Å². The summed E-state index contributed by atoms with van der Waals surface area (Å²) in [6, 6.07) is 20.3. The fraction of sp³-hybridized carbons (Fsp3) is 0.0526. The van der Waals surface area contributed by atoms with E-state index in [0.29, 0.717) is 16.4 Å². The second kappa shape index (κ2) is 8.38. The molecule has 0 fully saturated rings. The van der Waals surface area contributed by atoms with Crippen molar-refractivity contribution in [2.24, 2.45) is 0 Å². The topological polar surface area (TPSA) is 69.4 Å². The van der Waals surface area contributed by atoms with Gasteiger partial charge in [0.1, 0.15) is 12.1 Å². The molecule has 5 nitrogen and oxygen atoms in total. The second-order valence-electron chi connectivity index (χ2n) is 5.72. The monoisotopic (exact) mass is 509 g/mol. The van der Waals surface area contributed by atoms with E-state index in [1.807, 2.05) is 48.5 Å². The average Bonchev–Trinajstić information content (AvgIpc) is 2.67. The van der Waals surface area contributed by atoms with Crippen molar-refractivity contribution < 1.29 is 14.2 Å². The SMILES string of the molecule is O=[N+]([O-])c1ccc(OCP(=O)(c2ccc(Br)cc2)c2ccc(Br)cc2)cc1. The summed E-state index contributed by atoms with van der Waals surface area (Å²) in [5.41, 5.74) is -0.0219. The molecule has 138 valence electrons. The van der Waals surface area contributed by atoms with Crippen LogP contribution in [0.2, 0.25) is 0 Å². The van der Waals surface area contributed by atoms with Crippen LogP contribution in [-0.2, 0) is 4.57 Å². The molecule has 0 aliphatic carbocycles.